The first-order valence-electron chi connectivity index (χ1n) is 7.50. The Bertz CT molecular complexity index is 653. The van der Waals surface area contributed by atoms with E-state index in [1.54, 1.807) is 13.2 Å². The van der Waals surface area contributed by atoms with Gasteiger partial charge in [0.05, 0.1) is 7.11 Å². The minimum absolute atomic E-state index is 0.473. The number of hydrogen-bond acceptors (Lipinski definition) is 3. The maximum atomic E-state index is 6.34. The highest BCUT2D eigenvalue weighted by Crippen LogP contribution is 2.33. The number of hydrogen-bond donors (Lipinski definition) is 1. The van der Waals surface area contributed by atoms with E-state index in [0.717, 1.165) is 17.7 Å². The van der Waals surface area contributed by atoms with E-state index >= 15 is 0 Å². The summed E-state index contributed by atoms with van der Waals surface area (Å²) in [6.07, 6.45) is 1.81. The molecule has 23 heavy (non-hydrogen) atoms. The second-order valence-electron chi connectivity index (χ2n) is 5.29. The molecule has 122 valence electrons. The van der Waals surface area contributed by atoms with E-state index in [0.29, 0.717) is 29.7 Å². The van der Waals surface area contributed by atoms with Crippen LogP contribution in [0.2, 0.25) is 5.02 Å². The summed E-state index contributed by atoms with van der Waals surface area (Å²) in [4.78, 5) is 0. The molecule has 2 aromatic rings. The molecule has 3 nitrogen and oxygen atoms in total. The summed E-state index contributed by atoms with van der Waals surface area (Å²) in [7, 11) is 1.63. The molecule has 0 saturated carbocycles. The Kier molecular flexibility index (Phi) is 6.51. The SMILES string of the molecule is C=CCNCc1cc(OC)c(OCc2ccc(C)cc2)cc1Cl. The molecule has 0 radical (unpaired) electrons. The molecule has 0 aromatic heterocycles. The fraction of sp³-hybridized carbons (Fsp3) is 0.263. The molecular formula is C19H22ClNO2. The van der Waals surface area contributed by atoms with Gasteiger partial charge in [0, 0.05) is 24.2 Å². The fourth-order valence-corrected chi connectivity index (χ4v) is 2.36. The molecule has 0 unspecified atom stereocenters. The molecule has 0 aliphatic carbocycles. The number of rotatable bonds is 8. The second-order valence-corrected chi connectivity index (χ2v) is 5.70. The Hall–Kier alpha value is -1.97. The van der Waals surface area contributed by atoms with E-state index < -0.39 is 0 Å². The van der Waals surface area contributed by atoms with Gasteiger partial charge in [0.1, 0.15) is 6.61 Å². The third-order valence-corrected chi connectivity index (χ3v) is 3.80. The highest BCUT2D eigenvalue weighted by Gasteiger charge is 2.10. The highest BCUT2D eigenvalue weighted by molar-refractivity contribution is 6.31. The van der Waals surface area contributed by atoms with Gasteiger partial charge in [0.2, 0.25) is 0 Å². The third-order valence-electron chi connectivity index (χ3n) is 3.45. The molecule has 0 aliphatic rings. The standard InChI is InChI=1S/C19H22ClNO2/c1-4-9-21-12-16-10-18(22-3)19(11-17(16)20)23-13-15-7-5-14(2)6-8-15/h4-8,10-11,21H,1,9,12-13H2,2-3H3. The average molecular weight is 332 g/mol. The first-order chi connectivity index (χ1) is 11.1. The summed E-state index contributed by atoms with van der Waals surface area (Å²) in [5, 5.41) is 3.88. The van der Waals surface area contributed by atoms with Gasteiger partial charge < -0.3 is 14.8 Å². The van der Waals surface area contributed by atoms with E-state index in [2.05, 4.69) is 43.1 Å². The molecule has 0 saturated heterocycles. The Morgan fingerprint density at radius 1 is 1.17 bits per heavy atom. The topological polar surface area (TPSA) is 30.5 Å². The fourth-order valence-electron chi connectivity index (χ4n) is 2.14. The zero-order valence-electron chi connectivity index (χ0n) is 13.6. The van der Waals surface area contributed by atoms with Crippen molar-refractivity contribution in [2.45, 2.75) is 20.1 Å². The molecular weight excluding hydrogens is 310 g/mol. The molecule has 0 spiro atoms. The Balaban J connectivity index is 2.09. The lowest BCUT2D eigenvalue weighted by Gasteiger charge is -2.14. The number of ether oxygens (including phenoxy) is 2. The largest absolute Gasteiger partial charge is 0.493 e. The van der Waals surface area contributed by atoms with E-state index in [1.807, 2.05) is 12.1 Å². The number of nitrogens with one attached hydrogen (secondary N) is 1. The van der Waals surface area contributed by atoms with E-state index in [4.69, 9.17) is 21.1 Å². The van der Waals surface area contributed by atoms with Crippen LogP contribution in [0.4, 0.5) is 0 Å². The van der Waals surface area contributed by atoms with E-state index in [1.165, 1.54) is 5.56 Å². The van der Waals surface area contributed by atoms with Crippen LogP contribution in [0.3, 0.4) is 0 Å². The molecule has 2 aromatic carbocycles. The van der Waals surface area contributed by atoms with Crippen molar-refractivity contribution < 1.29 is 9.47 Å². The van der Waals surface area contributed by atoms with Gasteiger partial charge in [-0.2, -0.15) is 0 Å². The van der Waals surface area contributed by atoms with Crippen LogP contribution in [0.25, 0.3) is 0 Å². The molecule has 0 heterocycles. The summed E-state index contributed by atoms with van der Waals surface area (Å²) in [6.45, 7) is 7.59. The van der Waals surface area contributed by atoms with Crippen LogP contribution in [-0.2, 0) is 13.2 Å². The van der Waals surface area contributed by atoms with Crippen LogP contribution < -0.4 is 14.8 Å². The van der Waals surface area contributed by atoms with Gasteiger partial charge in [0.25, 0.3) is 0 Å². The zero-order valence-corrected chi connectivity index (χ0v) is 14.3. The van der Waals surface area contributed by atoms with Gasteiger partial charge in [-0.1, -0.05) is 47.5 Å². The van der Waals surface area contributed by atoms with Crippen molar-refractivity contribution in [2.75, 3.05) is 13.7 Å². The number of aryl methyl sites for hydroxylation is 1. The van der Waals surface area contributed by atoms with Gasteiger partial charge in [-0.25, -0.2) is 0 Å². The molecule has 2 rings (SSSR count). The molecule has 0 atom stereocenters. The smallest absolute Gasteiger partial charge is 0.163 e. The van der Waals surface area contributed by atoms with Crippen LogP contribution >= 0.6 is 11.6 Å². The van der Waals surface area contributed by atoms with Crippen molar-refractivity contribution in [1.82, 2.24) is 5.32 Å². The predicted octanol–water partition coefficient (Wildman–Crippen LogP) is 4.51. The molecule has 0 aliphatic heterocycles. The molecule has 4 heteroatoms. The monoisotopic (exact) mass is 331 g/mol. The third kappa shape index (κ3) is 5.02. The Morgan fingerprint density at radius 3 is 2.57 bits per heavy atom. The first-order valence-corrected chi connectivity index (χ1v) is 7.88. The number of methoxy groups -OCH3 is 1. The molecule has 0 fully saturated rings. The summed E-state index contributed by atoms with van der Waals surface area (Å²) in [5.41, 5.74) is 3.30. The van der Waals surface area contributed by atoms with Crippen molar-refractivity contribution in [3.05, 3.63) is 70.8 Å². The van der Waals surface area contributed by atoms with Crippen LogP contribution in [0.1, 0.15) is 16.7 Å². The van der Waals surface area contributed by atoms with Crippen molar-refractivity contribution in [1.29, 1.82) is 0 Å². The molecule has 0 bridgehead atoms. The maximum absolute atomic E-state index is 6.34. The van der Waals surface area contributed by atoms with Crippen molar-refractivity contribution in [3.8, 4) is 11.5 Å². The summed E-state index contributed by atoms with van der Waals surface area (Å²) in [5.74, 6) is 1.32. The zero-order chi connectivity index (χ0) is 16.7. The van der Waals surface area contributed by atoms with E-state index in [-0.39, 0.29) is 0 Å². The van der Waals surface area contributed by atoms with Gasteiger partial charge in [-0.15, -0.1) is 6.58 Å². The second kappa shape index (κ2) is 8.61. The van der Waals surface area contributed by atoms with Crippen LogP contribution in [0, 0.1) is 6.92 Å². The van der Waals surface area contributed by atoms with Gasteiger partial charge in [-0.3, -0.25) is 0 Å². The minimum Gasteiger partial charge on any atom is -0.493 e. The lowest BCUT2D eigenvalue weighted by atomic mass is 10.1. The van der Waals surface area contributed by atoms with Gasteiger partial charge in [0.15, 0.2) is 11.5 Å². The average Bonchev–Trinajstić information content (AvgIpc) is 2.56. The minimum atomic E-state index is 0.473. The van der Waals surface area contributed by atoms with E-state index in [9.17, 15) is 0 Å². The summed E-state index contributed by atoms with van der Waals surface area (Å²) >= 11 is 6.34. The number of halogens is 1. The Morgan fingerprint density at radius 2 is 1.91 bits per heavy atom. The van der Waals surface area contributed by atoms with Gasteiger partial charge in [-0.05, 0) is 24.1 Å². The highest BCUT2D eigenvalue weighted by atomic mass is 35.5. The number of benzene rings is 2. The quantitative estimate of drug-likeness (QED) is 0.570. The summed E-state index contributed by atoms with van der Waals surface area (Å²) < 4.78 is 11.3. The van der Waals surface area contributed by atoms with Crippen LogP contribution in [-0.4, -0.2) is 13.7 Å². The van der Waals surface area contributed by atoms with Crippen molar-refractivity contribution in [3.63, 3.8) is 0 Å². The maximum Gasteiger partial charge on any atom is 0.163 e. The van der Waals surface area contributed by atoms with Crippen LogP contribution in [0.15, 0.2) is 49.1 Å². The van der Waals surface area contributed by atoms with Gasteiger partial charge >= 0.3 is 0 Å². The first kappa shape index (κ1) is 17.4. The predicted molar refractivity (Wildman–Crippen MR) is 95.4 cm³/mol. The van der Waals surface area contributed by atoms with Crippen LogP contribution in [0.5, 0.6) is 11.5 Å². The normalized spacial score (nSPS) is 10.4. The van der Waals surface area contributed by atoms with Crippen molar-refractivity contribution in [2.24, 2.45) is 0 Å². The van der Waals surface area contributed by atoms with Crippen molar-refractivity contribution >= 4 is 11.6 Å². The summed E-state index contributed by atoms with van der Waals surface area (Å²) in [6, 6.07) is 11.9. The molecule has 1 N–H and O–H groups in total. The molecule has 0 amide bonds. The lowest BCUT2D eigenvalue weighted by Crippen LogP contribution is -2.13. The Labute approximate surface area is 142 Å². The lowest BCUT2D eigenvalue weighted by molar-refractivity contribution is 0.284.